The zero-order valence-corrected chi connectivity index (χ0v) is 13.3. The van der Waals surface area contributed by atoms with Gasteiger partial charge in [0.1, 0.15) is 0 Å². The topological polar surface area (TPSA) is 51.3 Å². The van der Waals surface area contributed by atoms with Crippen LogP contribution in [0.4, 0.5) is 5.69 Å². The van der Waals surface area contributed by atoms with Gasteiger partial charge in [-0.25, -0.2) is 0 Å². The van der Waals surface area contributed by atoms with E-state index in [4.69, 9.17) is 5.73 Å². The van der Waals surface area contributed by atoms with Crippen LogP contribution in [-0.2, 0) is 0 Å². The van der Waals surface area contributed by atoms with E-state index in [2.05, 4.69) is 46.1 Å². The summed E-state index contributed by atoms with van der Waals surface area (Å²) < 4.78 is 0. The first-order valence-electron chi connectivity index (χ1n) is 8.10. The molecule has 24 heavy (non-hydrogen) atoms. The average molecular weight is 311 g/mol. The lowest BCUT2D eigenvalue weighted by Gasteiger charge is -2.01. The highest BCUT2D eigenvalue weighted by molar-refractivity contribution is 6.01. The summed E-state index contributed by atoms with van der Waals surface area (Å²) in [6.07, 6.45) is 3.91. The number of nitrogen functional groups attached to an aromatic ring is 1. The van der Waals surface area contributed by atoms with E-state index in [-0.39, 0.29) is 0 Å². The van der Waals surface area contributed by atoms with Crippen molar-refractivity contribution in [1.82, 2.24) is 4.98 Å². The van der Waals surface area contributed by atoms with E-state index in [0.717, 1.165) is 41.4 Å². The van der Waals surface area contributed by atoms with Gasteiger partial charge in [-0.3, -0.25) is 9.98 Å². The van der Waals surface area contributed by atoms with Gasteiger partial charge in [-0.1, -0.05) is 30.0 Å². The summed E-state index contributed by atoms with van der Waals surface area (Å²) in [6.45, 7) is 0.954. The van der Waals surface area contributed by atoms with Crippen LogP contribution < -0.4 is 5.73 Å². The van der Waals surface area contributed by atoms with Crippen LogP contribution in [0.15, 0.2) is 59.7 Å². The van der Waals surface area contributed by atoms with E-state index in [0.29, 0.717) is 5.69 Å². The summed E-state index contributed by atoms with van der Waals surface area (Å²) in [5, 5.41) is 0.988. The third kappa shape index (κ3) is 2.87. The molecule has 0 saturated carbocycles. The molecular formula is C21H17N3. The summed E-state index contributed by atoms with van der Waals surface area (Å²) in [5.41, 5.74) is 11.8. The average Bonchev–Trinajstić information content (AvgIpc) is 3.15. The Kier molecular flexibility index (Phi) is 3.72. The van der Waals surface area contributed by atoms with Gasteiger partial charge in [-0.05, 0) is 48.7 Å². The van der Waals surface area contributed by atoms with Gasteiger partial charge in [0.25, 0.3) is 0 Å². The van der Waals surface area contributed by atoms with Crippen molar-refractivity contribution >= 4 is 22.3 Å². The summed E-state index contributed by atoms with van der Waals surface area (Å²) in [4.78, 5) is 8.88. The first kappa shape index (κ1) is 14.5. The lowest BCUT2D eigenvalue weighted by molar-refractivity contribution is 0.951. The quantitative estimate of drug-likeness (QED) is 0.695. The maximum absolute atomic E-state index is 5.85. The van der Waals surface area contributed by atoms with Crippen molar-refractivity contribution in [3.05, 3.63) is 71.4 Å². The molecule has 3 heteroatoms. The van der Waals surface area contributed by atoms with Crippen LogP contribution in [0.25, 0.3) is 10.9 Å². The molecule has 3 nitrogen and oxygen atoms in total. The predicted octanol–water partition coefficient (Wildman–Crippen LogP) is 3.80. The number of aromatic nitrogens is 1. The third-order valence-electron chi connectivity index (χ3n) is 4.18. The zero-order valence-electron chi connectivity index (χ0n) is 13.3. The third-order valence-corrected chi connectivity index (χ3v) is 4.18. The Bertz CT molecular complexity index is 989. The standard InChI is InChI=1S/C21H17N3/c22-18-13-19-16(3-1-4-21(19)24-14-18)9-6-15-7-10-17(11-8-15)20-5-2-12-23-20/h1,3-4,7-8,10-11,13-14H,2,5,12,22H2. The molecule has 2 aromatic carbocycles. The fourth-order valence-electron chi connectivity index (χ4n) is 2.93. The number of nitrogens with two attached hydrogens (primary N) is 1. The molecule has 0 unspecified atom stereocenters. The van der Waals surface area contributed by atoms with Gasteiger partial charge >= 0.3 is 0 Å². The van der Waals surface area contributed by atoms with E-state index in [1.807, 2.05) is 24.3 Å². The zero-order chi connectivity index (χ0) is 16.4. The lowest BCUT2D eigenvalue weighted by atomic mass is 10.0. The smallest absolute Gasteiger partial charge is 0.0716 e. The molecule has 0 bridgehead atoms. The molecule has 1 aliphatic rings. The molecule has 3 aromatic rings. The highest BCUT2D eigenvalue weighted by Crippen LogP contribution is 2.19. The number of anilines is 1. The Morgan fingerprint density at radius 1 is 1.00 bits per heavy atom. The van der Waals surface area contributed by atoms with Crippen LogP contribution >= 0.6 is 0 Å². The monoisotopic (exact) mass is 311 g/mol. The van der Waals surface area contributed by atoms with E-state index < -0.39 is 0 Å². The number of nitrogens with zero attached hydrogens (tertiary/aromatic N) is 2. The minimum Gasteiger partial charge on any atom is -0.397 e. The Morgan fingerprint density at radius 2 is 1.88 bits per heavy atom. The van der Waals surface area contributed by atoms with Crippen LogP contribution in [-0.4, -0.2) is 17.2 Å². The molecular weight excluding hydrogens is 294 g/mol. The molecule has 116 valence electrons. The van der Waals surface area contributed by atoms with Crippen molar-refractivity contribution in [1.29, 1.82) is 0 Å². The molecule has 0 aliphatic carbocycles. The fraction of sp³-hybridized carbons (Fsp3) is 0.143. The van der Waals surface area contributed by atoms with Crippen molar-refractivity contribution in [2.45, 2.75) is 12.8 Å². The fourth-order valence-corrected chi connectivity index (χ4v) is 2.93. The molecule has 0 saturated heterocycles. The van der Waals surface area contributed by atoms with Crippen molar-refractivity contribution in [3.63, 3.8) is 0 Å². The van der Waals surface area contributed by atoms with Gasteiger partial charge < -0.3 is 5.73 Å². The second-order valence-corrected chi connectivity index (χ2v) is 5.90. The minimum atomic E-state index is 0.651. The lowest BCUT2D eigenvalue weighted by Crippen LogP contribution is -1.95. The van der Waals surface area contributed by atoms with Crippen molar-refractivity contribution < 1.29 is 0 Å². The molecule has 1 aliphatic heterocycles. The van der Waals surface area contributed by atoms with Gasteiger partial charge in [0.2, 0.25) is 0 Å². The van der Waals surface area contributed by atoms with Crippen molar-refractivity contribution in [3.8, 4) is 11.8 Å². The van der Waals surface area contributed by atoms with Crippen molar-refractivity contribution in [2.75, 3.05) is 12.3 Å². The Hall–Kier alpha value is -3.12. The number of benzene rings is 2. The molecule has 0 amide bonds. The highest BCUT2D eigenvalue weighted by Gasteiger charge is 2.08. The van der Waals surface area contributed by atoms with Crippen LogP contribution in [0, 0.1) is 11.8 Å². The largest absolute Gasteiger partial charge is 0.397 e. The molecule has 0 fully saturated rings. The number of hydrogen-bond acceptors (Lipinski definition) is 3. The minimum absolute atomic E-state index is 0.651. The molecule has 2 heterocycles. The number of hydrogen-bond donors (Lipinski definition) is 1. The Labute approximate surface area is 141 Å². The number of rotatable bonds is 1. The molecule has 2 N–H and O–H groups in total. The van der Waals surface area contributed by atoms with Gasteiger partial charge in [0.15, 0.2) is 0 Å². The molecule has 0 atom stereocenters. The molecule has 4 rings (SSSR count). The number of pyridine rings is 1. The molecule has 0 spiro atoms. The predicted molar refractivity (Wildman–Crippen MR) is 99.2 cm³/mol. The van der Waals surface area contributed by atoms with E-state index in [1.165, 1.54) is 11.3 Å². The number of fused-ring (bicyclic) bond motifs is 1. The van der Waals surface area contributed by atoms with E-state index in [9.17, 15) is 0 Å². The van der Waals surface area contributed by atoms with Crippen molar-refractivity contribution in [2.24, 2.45) is 4.99 Å². The van der Waals surface area contributed by atoms with Crippen LogP contribution in [0.1, 0.15) is 29.5 Å². The maximum atomic E-state index is 5.85. The SMILES string of the molecule is Nc1cnc2cccc(C#Cc3ccc(C4=NCCC4)cc3)c2c1. The van der Waals surface area contributed by atoms with Gasteiger partial charge in [-0.2, -0.15) is 0 Å². The Balaban J connectivity index is 1.66. The van der Waals surface area contributed by atoms with Gasteiger partial charge in [-0.15, -0.1) is 0 Å². The van der Waals surface area contributed by atoms with E-state index >= 15 is 0 Å². The second kappa shape index (κ2) is 6.17. The maximum Gasteiger partial charge on any atom is 0.0716 e. The first-order chi connectivity index (χ1) is 11.8. The van der Waals surface area contributed by atoms with Crippen LogP contribution in [0.2, 0.25) is 0 Å². The molecule has 1 aromatic heterocycles. The summed E-state index contributed by atoms with van der Waals surface area (Å²) in [5.74, 6) is 6.48. The normalized spacial score (nSPS) is 13.4. The van der Waals surface area contributed by atoms with E-state index in [1.54, 1.807) is 6.20 Å². The summed E-state index contributed by atoms with van der Waals surface area (Å²) in [7, 11) is 0. The second-order valence-electron chi connectivity index (χ2n) is 5.90. The molecule has 0 radical (unpaired) electrons. The van der Waals surface area contributed by atoms with Gasteiger partial charge in [0, 0.05) is 28.8 Å². The summed E-state index contributed by atoms with van der Waals surface area (Å²) >= 11 is 0. The highest BCUT2D eigenvalue weighted by atomic mass is 14.8. The van der Waals surface area contributed by atoms with Crippen LogP contribution in [0.5, 0.6) is 0 Å². The Morgan fingerprint density at radius 3 is 2.67 bits per heavy atom. The first-order valence-corrected chi connectivity index (χ1v) is 8.10. The van der Waals surface area contributed by atoms with Gasteiger partial charge in [0.05, 0.1) is 17.4 Å². The number of aliphatic imine (C=N–C) groups is 1. The van der Waals surface area contributed by atoms with Crippen LogP contribution in [0.3, 0.4) is 0 Å². The summed E-state index contributed by atoms with van der Waals surface area (Å²) in [6, 6.07) is 16.2.